The summed E-state index contributed by atoms with van der Waals surface area (Å²) in [5.41, 5.74) is 5.26. The number of rotatable bonds is 5. The lowest BCUT2D eigenvalue weighted by Crippen LogP contribution is -2.50. The number of carbonyl (C=O) groups excluding carboxylic acids is 1. The van der Waals surface area contributed by atoms with Gasteiger partial charge in [0.05, 0.1) is 17.2 Å². The molecule has 1 fully saturated rings. The number of hydrogen-bond donors (Lipinski definition) is 2. The molecule has 2 aromatic rings. The summed E-state index contributed by atoms with van der Waals surface area (Å²) in [5, 5.41) is 9.09. The second-order valence-corrected chi connectivity index (χ2v) is 8.41. The van der Waals surface area contributed by atoms with E-state index in [0.29, 0.717) is 31.1 Å². The van der Waals surface area contributed by atoms with Crippen LogP contribution in [0.1, 0.15) is 6.42 Å². The Labute approximate surface area is 152 Å². The molecule has 1 saturated heterocycles. The van der Waals surface area contributed by atoms with Crippen LogP contribution in [0.2, 0.25) is 0 Å². The van der Waals surface area contributed by atoms with E-state index < -0.39 is 9.84 Å². The maximum Gasteiger partial charge on any atom is 0.230 e. The first-order chi connectivity index (χ1) is 12.3. The van der Waals surface area contributed by atoms with Gasteiger partial charge in [-0.3, -0.25) is 15.1 Å². The first-order valence-electron chi connectivity index (χ1n) is 8.40. The zero-order valence-corrected chi connectivity index (χ0v) is 15.2. The fraction of sp³-hybridized carbons (Fsp3) is 0.333. The second kappa shape index (κ2) is 7.43. The molecule has 0 spiro atoms. The van der Waals surface area contributed by atoms with Crippen molar-refractivity contribution < 1.29 is 13.2 Å². The van der Waals surface area contributed by atoms with Crippen LogP contribution in [0.4, 0.5) is 0 Å². The van der Waals surface area contributed by atoms with Gasteiger partial charge in [-0.05, 0) is 22.9 Å². The number of benzene rings is 2. The van der Waals surface area contributed by atoms with E-state index in [1.807, 2.05) is 35.2 Å². The fourth-order valence-corrected chi connectivity index (χ4v) is 4.55. The molecule has 2 aromatic carbocycles. The Kier molecular flexibility index (Phi) is 5.24. The zero-order chi connectivity index (χ0) is 18.7. The Hall–Kier alpha value is -2.45. The summed E-state index contributed by atoms with van der Waals surface area (Å²) < 4.78 is 25.5. The van der Waals surface area contributed by atoms with Crippen molar-refractivity contribution in [1.82, 2.24) is 9.80 Å². The maximum atomic E-state index is 12.7. The summed E-state index contributed by atoms with van der Waals surface area (Å²) in [6.45, 7) is 1.85. The molecule has 3 rings (SSSR count). The normalized spacial score (nSPS) is 15.9. The van der Waals surface area contributed by atoms with Crippen LogP contribution in [0.15, 0.2) is 47.4 Å². The van der Waals surface area contributed by atoms with Gasteiger partial charge in [0.1, 0.15) is 5.88 Å². The van der Waals surface area contributed by atoms with E-state index in [2.05, 4.69) is 0 Å². The number of amidine groups is 1. The highest BCUT2D eigenvalue weighted by atomic mass is 32.2. The van der Waals surface area contributed by atoms with Gasteiger partial charge < -0.3 is 10.6 Å². The molecule has 0 saturated carbocycles. The van der Waals surface area contributed by atoms with E-state index in [9.17, 15) is 13.2 Å². The molecule has 8 heteroatoms. The molecule has 138 valence electrons. The molecule has 1 aliphatic rings. The molecule has 1 amide bonds. The number of carbonyl (C=O) groups is 1. The van der Waals surface area contributed by atoms with E-state index in [4.69, 9.17) is 11.1 Å². The van der Waals surface area contributed by atoms with E-state index >= 15 is 0 Å². The van der Waals surface area contributed by atoms with E-state index in [1.54, 1.807) is 17.0 Å². The molecule has 0 aromatic heterocycles. The molecule has 0 unspecified atom stereocenters. The summed E-state index contributed by atoms with van der Waals surface area (Å²) in [4.78, 5) is 15.7. The van der Waals surface area contributed by atoms with Gasteiger partial charge in [-0.1, -0.05) is 30.3 Å². The van der Waals surface area contributed by atoms with Crippen molar-refractivity contribution in [1.29, 1.82) is 5.41 Å². The standard InChI is InChI=1S/C18H22N4O3S/c19-17(20)12-18(23)22-9-7-21(8-10-22)13-26(24,25)16-6-5-14-3-1-2-4-15(14)11-16/h1-6,11H,7-10,12-13H2,(H3,19,20). The lowest BCUT2D eigenvalue weighted by atomic mass is 10.1. The topological polar surface area (TPSA) is 108 Å². The van der Waals surface area contributed by atoms with Crippen molar-refractivity contribution in [2.24, 2.45) is 5.73 Å². The van der Waals surface area contributed by atoms with Crippen LogP contribution in [0.3, 0.4) is 0 Å². The SMILES string of the molecule is N=C(N)CC(=O)N1CCN(CS(=O)(=O)c2ccc3ccccc3c2)CC1. The summed E-state index contributed by atoms with van der Waals surface area (Å²) in [6, 6.07) is 12.8. The summed E-state index contributed by atoms with van der Waals surface area (Å²) in [6.07, 6.45) is -0.0879. The van der Waals surface area contributed by atoms with Gasteiger partial charge in [0.25, 0.3) is 0 Å². The minimum absolute atomic E-state index is 0.0694. The molecule has 3 N–H and O–H groups in total. The number of piperazine rings is 1. The van der Waals surface area contributed by atoms with Gasteiger partial charge in [0, 0.05) is 26.2 Å². The molecule has 0 bridgehead atoms. The van der Waals surface area contributed by atoms with Crippen molar-refractivity contribution in [2.75, 3.05) is 32.1 Å². The summed E-state index contributed by atoms with van der Waals surface area (Å²) >= 11 is 0. The Balaban J connectivity index is 1.65. The number of hydrogen-bond acceptors (Lipinski definition) is 5. The number of nitrogens with one attached hydrogen (secondary N) is 1. The molecule has 1 aliphatic heterocycles. The lowest BCUT2D eigenvalue weighted by molar-refractivity contribution is -0.131. The minimum Gasteiger partial charge on any atom is -0.387 e. The number of amides is 1. The smallest absolute Gasteiger partial charge is 0.230 e. The molecule has 0 aliphatic carbocycles. The predicted octanol–water partition coefficient (Wildman–Crippen LogP) is 1.04. The Morgan fingerprint density at radius 3 is 2.35 bits per heavy atom. The Morgan fingerprint density at radius 2 is 1.69 bits per heavy atom. The molecule has 0 radical (unpaired) electrons. The highest BCUT2D eigenvalue weighted by Crippen LogP contribution is 2.20. The first-order valence-corrected chi connectivity index (χ1v) is 10.0. The van der Waals surface area contributed by atoms with Gasteiger partial charge in [0.15, 0.2) is 9.84 Å². The largest absolute Gasteiger partial charge is 0.387 e. The average Bonchev–Trinajstić information content (AvgIpc) is 2.61. The van der Waals surface area contributed by atoms with Crippen LogP contribution >= 0.6 is 0 Å². The van der Waals surface area contributed by atoms with Crippen LogP contribution in [0.5, 0.6) is 0 Å². The van der Waals surface area contributed by atoms with Crippen LogP contribution in [-0.4, -0.2) is 62.0 Å². The van der Waals surface area contributed by atoms with Crippen molar-refractivity contribution in [3.8, 4) is 0 Å². The minimum atomic E-state index is -3.44. The maximum absolute atomic E-state index is 12.7. The van der Waals surface area contributed by atoms with Crippen LogP contribution in [0.25, 0.3) is 10.8 Å². The van der Waals surface area contributed by atoms with Crippen LogP contribution < -0.4 is 5.73 Å². The highest BCUT2D eigenvalue weighted by Gasteiger charge is 2.25. The highest BCUT2D eigenvalue weighted by molar-refractivity contribution is 7.91. The van der Waals surface area contributed by atoms with Crippen LogP contribution in [-0.2, 0) is 14.6 Å². The third-order valence-electron chi connectivity index (χ3n) is 4.50. The molecule has 26 heavy (non-hydrogen) atoms. The molecule has 1 heterocycles. The third-order valence-corrected chi connectivity index (χ3v) is 6.18. The fourth-order valence-electron chi connectivity index (χ4n) is 3.08. The van der Waals surface area contributed by atoms with Crippen molar-refractivity contribution >= 4 is 32.4 Å². The number of fused-ring (bicyclic) bond motifs is 1. The van der Waals surface area contributed by atoms with Crippen molar-refractivity contribution in [3.05, 3.63) is 42.5 Å². The van der Waals surface area contributed by atoms with Gasteiger partial charge in [-0.15, -0.1) is 0 Å². The zero-order valence-electron chi connectivity index (χ0n) is 14.4. The average molecular weight is 374 g/mol. The number of nitrogens with two attached hydrogens (primary N) is 1. The summed E-state index contributed by atoms with van der Waals surface area (Å²) in [5.74, 6) is -0.411. The van der Waals surface area contributed by atoms with E-state index in [0.717, 1.165) is 10.8 Å². The van der Waals surface area contributed by atoms with Crippen molar-refractivity contribution in [3.63, 3.8) is 0 Å². The second-order valence-electron chi connectivity index (χ2n) is 6.45. The van der Waals surface area contributed by atoms with Crippen molar-refractivity contribution in [2.45, 2.75) is 11.3 Å². The Bertz CT molecular complexity index is 934. The molecular formula is C18H22N4O3S. The van der Waals surface area contributed by atoms with Gasteiger partial charge in [-0.25, -0.2) is 8.42 Å². The van der Waals surface area contributed by atoms with Crippen LogP contribution in [0, 0.1) is 5.41 Å². The van der Waals surface area contributed by atoms with Gasteiger partial charge in [0.2, 0.25) is 5.91 Å². The Morgan fingerprint density at radius 1 is 1.04 bits per heavy atom. The van der Waals surface area contributed by atoms with E-state index in [1.165, 1.54) is 0 Å². The molecular weight excluding hydrogens is 352 g/mol. The number of nitrogens with zero attached hydrogens (tertiary/aromatic N) is 2. The molecule has 0 atom stereocenters. The quantitative estimate of drug-likeness (QED) is 0.601. The lowest BCUT2D eigenvalue weighted by Gasteiger charge is -2.34. The van der Waals surface area contributed by atoms with E-state index in [-0.39, 0.29) is 24.0 Å². The third kappa shape index (κ3) is 4.20. The van der Waals surface area contributed by atoms with Gasteiger partial charge in [-0.2, -0.15) is 0 Å². The predicted molar refractivity (Wildman–Crippen MR) is 101 cm³/mol. The first kappa shape index (κ1) is 18.3. The van der Waals surface area contributed by atoms with Gasteiger partial charge >= 0.3 is 0 Å². The summed E-state index contributed by atoms with van der Waals surface area (Å²) in [7, 11) is -3.44. The molecule has 7 nitrogen and oxygen atoms in total. The monoisotopic (exact) mass is 374 g/mol. The number of sulfone groups is 1.